The minimum absolute atomic E-state index is 0.0744. The van der Waals surface area contributed by atoms with Crippen LogP contribution >= 0.6 is 0 Å². The van der Waals surface area contributed by atoms with Gasteiger partial charge in [-0.2, -0.15) is 0 Å². The summed E-state index contributed by atoms with van der Waals surface area (Å²) in [6.45, 7) is 0. The minimum atomic E-state index is -0.0744. The molecule has 1 fully saturated rings. The van der Waals surface area contributed by atoms with Crippen LogP contribution in [0.25, 0.3) is 0 Å². The Morgan fingerprint density at radius 1 is 1.22 bits per heavy atom. The van der Waals surface area contributed by atoms with Crippen LogP contribution in [0.15, 0.2) is 0 Å². The molecule has 0 spiro atoms. The van der Waals surface area contributed by atoms with Crippen molar-refractivity contribution in [1.29, 1.82) is 0 Å². The van der Waals surface area contributed by atoms with E-state index in [1.165, 1.54) is 0 Å². The van der Waals surface area contributed by atoms with Crippen molar-refractivity contribution in [3.05, 3.63) is 0 Å². The summed E-state index contributed by atoms with van der Waals surface area (Å²) in [6, 6.07) is 0. The second kappa shape index (κ2) is 2.89. The Labute approximate surface area is 56.1 Å². The van der Waals surface area contributed by atoms with Gasteiger partial charge in [0.1, 0.15) is 0 Å². The van der Waals surface area contributed by atoms with E-state index in [9.17, 15) is 0 Å². The molecule has 0 saturated heterocycles. The summed E-state index contributed by atoms with van der Waals surface area (Å²) in [6.07, 6.45) is 8.96. The number of aliphatic hydroxyl groups excluding tert-OH is 1. The first kappa shape index (κ1) is 6.64. The fraction of sp³-hybridized carbons (Fsp3) is 0.750. The van der Waals surface area contributed by atoms with Crippen molar-refractivity contribution in [2.45, 2.75) is 31.8 Å². The van der Waals surface area contributed by atoms with Crippen LogP contribution < -0.4 is 0 Å². The molecule has 1 saturated carbocycles. The lowest BCUT2D eigenvalue weighted by Crippen LogP contribution is -2.16. The number of hydrogen-bond acceptors (Lipinski definition) is 1. The third kappa shape index (κ3) is 1.73. The smallest absolute Gasteiger partial charge is 0.0541 e. The van der Waals surface area contributed by atoms with Gasteiger partial charge in [0.05, 0.1) is 6.10 Å². The van der Waals surface area contributed by atoms with Gasteiger partial charge in [-0.15, -0.1) is 12.3 Å². The lowest BCUT2D eigenvalue weighted by molar-refractivity contribution is 0.119. The van der Waals surface area contributed by atoms with Gasteiger partial charge in [0, 0.05) is 5.92 Å². The van der Waals surface area contributed by atoms with Crippen LogP contribution in [0, 0.1) is 18.3 Å². The van der Waals surface area contributed by atoms with Crippen molar-refractivity contribution in [3.8, 4) is 12.3 Å². The molecule has 1 rings (SSSR count). The van der Waals surface area contributed by atoms with Crippen LogP contribution in [0.1, 0.15) is 25.7 Å². The largest absolute Gasteiger partial charge is 0.393 e. The van der Waals surface area contributed by atoms with Crippen molar-refractivity contribution in [1.82, 2.24) is 0 Å². The van der Waals surface area contributed by atoms with E-state index < -0.39 is 0 Å². The van der Waals surface area contributed by atoms with Gasteiger partial charge in [0.2, 0.25) is 0 Å². The highest BCUT2D eigenvalue weighted by molar-refractivity contribution is 4.95. The maximum atomic E-state index is 9.05. The average molecular weight is 124 g/mol. The summed E-state index contributed by atoms with van der Waals surface area (Å²) in [5, 5.41) is 9.05. The molecule has 1 heteroatoms. The van der Waals surface area contributed by atoms with Crippen LogP contribution in [0.2, 0.25) is 0 Å². The zero-order valence-corrected chi connectivity index (χ0v) is 5.51. The fourth-order valence-electron chi connectivity index (χ4n) is 1.24. The van der Waals surface area contributed by atoms with Crippen LogP contribution in [0.5, 0.6) is 0 Å². The SMILES string of the molecule is C#C[C@H]1CC[C@H](O)CC1. The maximum absolute atomic E-state index is 9.05. The topological polar surface area (TPSA) is 20.2 Å². The normalized spacial score (nSPS) is 35.6. The van der Waals surface area contributed by atoms with E-state index >= 15 is 0 Å². The highest BCUT2D eigenvalue weighted by Crippen LogP contribution is 2.22. The average Bonchev–Trinajstić information content (AvgIpc) is 1.90. The summed E-state index contributed by atoms with van der Waals surface area (Å²) in [4.78, 5) is 0. The zero-order chi connectivity index (χ0) is 6.69. The van der Waals surface area contributed by atoms with Gasteiger partial charge in [0.15, 0.2) is 0 Å². The molecule has 0 amide bonds. The number of rotatable bonds is 0. The monoisotopic (exact) mass is 124 g/mol. The Morgan fingerprint density at radius 2 is 1.78 bits per heavy atom. The van der Waals surface area contributed by atoms with E-state index in [1.54, 1.807) is 0 Å². The molecular weight excluding hydrogens is 112 g/mol. The molecule has 0 bridgehead atoms. The van der Waals surface area contributed by atoms with Gasteiger partial charge in [-0.3, -0.25) is 0 Å². The Morgan fingerprint density at radius 3 is 2.22 bits per heavy atom. The molecule has 1 aliphatic carbocycles. The summed E-state index contributed by atoms with van der Waals surface area (Å²) < 4.78 is 0. The van der Waals surface area contributed by atoms with Gasteiger partial charge < -0.3 is 5.11 Å². The predicted molar refractivity (Wildman–Crippen MR) is 36.8 cm³/mol. The van der Waals surface area contributed by atoms with E-state index in [-0.39, 0.29) is 6.10 Å². The van der Waals surface area contributed by atoms with Gasteiger partial charge in [-0.25, -0.2) is 0 Å². The van der Waals surface area contributed by atoms with E-state index in [1.807, 2.05) is 0 Å². The standard InChI is InChI=1S/C8H12O/c1-2-7-3-5-8(9)6-4-7/h1,7-9H,3-6H2/t7-,8-. The number of terminal acetylenes is 1. The van der Waals surface area contributed by atoms with Crippen LogP contribution in [0.3, 0.4) is 0 Å². The first-order valence-electron chi connectivity index (χ1n) is 3.47. The molecule has 0 unspecified atom stereocenters. The van der Waals surface area contributed by atoms with Gasteiger partial charge in [0.25, 0.3) is 0 Å². The first-order valence-corrected chi connectivity index (χ1v) is 3.47. The van der Waals surface area contributed by atoms with Crippen LogP contribution in [-0.4, -0.2) is 11.2 Å². The first-order chi connectivity index (χ1) is 4.33. The van der Waals surface area contributed by atoms with Crippen molar-refractivity contribution < 1.29 is 5.11 Å². The molecule has 0 aromatic carbocycles. The molecular formula is C8H12O. The quantitative estimate of drug-likeness (QED) is 0.481. The van der Waals surface area contributed by atoms with Gasteiger partial charge in [-0.1, -0.05) is 0 Å². The summed E-state index contributed by atoms with van der Waals surface area (Å²) in [5.74, 6) is 3.15. The third-order valence-electron chi connectivity index (χ3n) is 1.93. The maximum Gasteiger partial charge on any atom is 0.0541 e. The predicted octanol–water partition coefficient (Wildman–Crippen LogP) is 1.17. The molecule has 0 aromatic heterocycles. The Kier molecular flexibility index (Phi) is 2.13. The molecule has 1 aliphatic rings. The van der Waals surface area contributed by atoms with Crippen molar-refractivity contribution in [2.75, 3.05) is 0 Å². The molecule has 0 radical (unpaired) electrons. The minimum Gasteiger partial charge on any atom is -0.393 e. The van der Waals surface area contributed by atoms with E-state index in [0.717, 1.165) is 25.7 Å². The second-order valence-corrected chi connectivity index (χ2v) is 2.67. The van der Waals surface area contributed by atoms with Gasteiger partial charge >= 0.3 is 0 Å². The van der Waals surface area contributed by atoms with E-state index in [4.69, 9.17) is 11.5 Å². The Hall–Kier alpha value is -0.480. The van der Waals surface area contributed by atoms with E-state index in [0.29, 0.717) is 5.92 Å². The Bertz CT molecular complexity index is 115. The fourth-order valence-corrected chi connectivity index (χ4v) is 1.24. The number of hydrogen-bond donors (Lipinski definition) is 1. The lowest BCUT2D eigenvalue weighted by atomic mass is 9.88. The van der Waals surface area contributed by atoms with Gasteiger partial charge in [-0.05, 0) is 25.7 Å². The summed E-state index contributed by atoms with van der Waals surface area (Å²) in [5.41, 5.74) is 0. The molecule has 0 aliphatic heterocycles. The molecule has 50 valence electrons. The van der Waals surface area contributed by atoms with Crippen LogP contribution in [-0.2, 0) is 0 Å². The molecule has 1 nitrogen and oxygen atoms in total. The number of aliphatic hydroxyl groups is 1. The molecule has 0 aromatic rings. The third-order valence-corrected chi connectivity index (χ3v) is 1.93. The molecule has 0 heterocycles. The summed E-state index contributed by atoms with van der Waals surface area (Å²) in [7, 11) is 0. The molecule has 0 atom stereocenters. The highest BCUT2D eigenvalue weighted by atomic mass is 16.3. The van der Waals surface area contributed by atoms with Crippen molar-refractivity contribution in [3.63, 3.8) is 0 Å². The Balaban J connectivity index is 2.28. The van der Waals surface area contributed by atoms with Crippen molar-refractivity contribution >= 4 is 0 Å². The van der Waals surface area contributed by atoms with Crippen molar-refractivity contribution in [2.24, 2.45) is 5.92 Å². The summed E-state index contributed by atoms with van der Waals surface area (Å²) >= 11 is 0. The van der Waals surface area contributed by atoms with E-state index in [2.05, 4.69) is 5.92 Å². The second-order valence-electron chi connectivity index (χ2n) is 2.67. The molecule has 9 heavy (non-hydrogen) atoms. The van der Waals surface area contributed by atoms with Crippen LogP contribution in [0.4, 0.5) is 0 Å². The highest BCUT2D eigenvalue weighted by Gasteiger charge is 2.16. The lowest BCUT2D eigenvalue weighted by Gasteiger charge is -2.20. The molecule has 1 N–H and O–H groups in total. The zero-order valence-electron chi connectivity index (χ0n) is 5.51.